The van der Waals surface area contributed by atoms with Crippen molar-refractivity contribution in [2.75, 3.05) is 7.11 Å². The largest absolute Gasteiger partial charge is 0.467 e. The Morgan fingerprint density at radius 1 is 1.23 bits per heavy atom. The number of carbonyl (C=O) groups excluding carboxylic acids is 1. The van der Waals surface area contributed by atoms with E-state index in [-0.39, 0.29) is 24.5 Å². The van der Waals surface area contributed by atoms with Gasteiger partial charge in [-0.25, -0.2) is 13.8 Å². The third kappa shape index (κ3) is 3.72. The van der Waals surface area contributed by atoms with Gasteiger partial charge in [0.2, 0.25) is 0 Å². The van der Waals surface area contributed by atoms with E-state index in [4.69, 9.17) is 4.74 Å². The maximum atomic E-state index is 13.5. The number of benzene rings is 2. The van der Waals surface area contributed by atoms with Crippen LogP contribution >= 0.6 is 12.3 Å². The molecule has 1 N–H and O–H groups in total. The highest BCUT2D eigenvalue weighted by Crippen LogP contribution is 2.29. The number of aliphatic hydroxyl groups is 1. The minimum Gasteiger partial charge on any atom is -0.467 e. The smallest absolute Gasteiger partial charge is 0.339 e. The lowest BCUT2D eigenvalue weighted by Crippen LogP contribution is -2.13. The molecule has 0 aliphatic carbocycles. The first kappa shape index (κ1) is 18.4. The average molecular weight is 376 g/mol. The zero-order chi connectivity index (χ0) is 18.5. The summed E-state index contributed by atoms with van der Waals surface area (Å²) in [6.07, 6.45) is -1.49. The quantitative estimate of drug-likeness (QED) is 0.638. The maximum Gasteiger partial charge on any atom is 0.339 e. The molecule has 0 saturated carbocycles. The summed E-state index contributed by atoms with van der Waals surface area (Å²) in [5.41, 5.74) is 2.02. The summed E-state index contributed by atoms with van der Waals surface area (Å²) in [5.74, 6) is -0.463. The number of rotatable bonds is 7. The average Bonchev–Trinajstić information content (AvgIpc) is 3.05. The second-order valence-electron chi connectivity index (χ2n) is 5.51. The predicted molar refractivity (Wildman–Crippen MR) is 95.7 cm³/mol. The zero-order valence-corrected chi connectivity index (χ0v) is 14.8. The third-order valence-electron chi connectivity index (χ3n) is 3.87. The first-order valence-corrected chi connectivity index (χ1v) is 8.50. The number of hydrogen-bond acceptors (Lipinski definition) is 6. The van der Waals surface area contributed by atoms with Gasteiger partial charge in [0.15, 0.2) is 18.4 Å². The first-order valence-electron chi connectivity index (χ1n) is 7.82. The Morgan fingerprint density at radius 2 is 2.00 bits per heavy atom. The van der Waals surface area contributed by atoms with E-state index in [1.807, 2.05) is 30.3 Å². The number of fused-ring (bicyclic) bond motifs is 1. The van der Waals surface area contributed by atoms with Crippen LogP contribution in [-0.2, 0) is 27.5 Å². The molecule has 136 valence electrons. The SMILES string of the molecule is COC(=O)C(O)c1cccc2c1nc(COCc1ccccc1)n2SF. The number of halogens is 1. The van der Waals surface area contributed by atoms with Crippen molar-refractivity contribution in [3.8, 4) is 0 Å². The number of esters is 1. The molecule has 26 heavy (non-hydrogen) atoms. The highest BCUT2D eigenvalue weighted by Gasteiger charge is 2.23. The summed E-state index contributed by atoms with van der Waals surface area (Å²) in [7, 11) is 1.19. The van der Waals surface area contributed by atoms with Crippen molar-refractivity contribution in [1.29, 1.82) is 0 Å². The van der Waals surface area contributed by atoms with Crippen molar-refractivity contribution < 1.29 is 23.3 Å². The topological polar surface area (TPSA) is 73.6 Å². The minimum absolute atomic E-state index is 0.0112. The van der Waals surface area contributed by atoms with E-state index in [9.17, 15) is 13.8 Å². The molecule has 3 rings (SSSR count). The second kappa shape index (κ2) is 8.31. The van der Waals surface area contributed by atoms with Crippen LogP contribution in [0.2, 0.25) is 0 Å². The number of aliphatic hydroxyl groups excluding tert-OH is 1. The molecule has 0 bridgehead atoms. The van der Waals surface area contributed by atoms with Crippen LogP contribution < -0.4 is 0 Å². The zero-order valence-electron chi connectivity index (χ0n) is 14.0. The molecule has 0 aliphatic rings. The molecule has 2 aromatic carbocycles. The fourth-order valence-electron chi connectivity index (χ4n) is 2.61. The van der Waals surface area contributed by atoms with Crippen LogP contribution in [0.15, 0.2) is 48.5 Å². The summed E-state index contributed by atoms with van der Waals surface area (Å²) >= 11 is -0.0112. The molecule has 0 spiro atoms. The Bertz CT molecular complexity index is 901. The maximum absolute atomic E-state index is 13.5. The lowest BCUT2D eigenvalue weighted by Gasteiger charge is -2.08. The van der Waals surface area contributed by atoms with E-state index < -0.39 is 12.1 Å². The van der Waals surface area contributed by atoms with Gasteiger partial charge in [0, 0.05) is 5.56 Å². The first-order chi connectivity index (χ1) is 12.7. The van der Waals surface area contributed by atoms with E-state index in [2.05, 4.69) is 9.72 Å². The molecule has 0 fully saturated rings. The van der Waals surface area contributed by atoms with Crippen molar-refractivity contribution in [3.63, 3.8) is 0 Å². The fourth-order valence-corrected chi connectivity index (χ4v) is 3.00. The van der Waals surface area contributed by atoms with Gasteiger partial charge in [-0.2, -0.15) is 0 Å². The van der Waals surface area contributed by atoms with E-state index in [1.165, 1.54) is 11.1 Å². The van der Waals surface area contributed by atoms with Gasteiger partial charge < -0.3 is 14.6 Å². The number of imidazole rings is 1. The monoisotopic (exact) mass is 376 g/mol. The molecule has 0 radical (unpaired) electrons. The van der Waals surface area contributed by atoms with Gasteiger partial charge in [-0.05, 0) is 11.6 Å². The fraction of sp³-hybridized carbons (Fsp3) is 0.222. The van der Waals surface area contributed by atoms with Gasteiger partial charge in [0.05, 0.1) is 24.8 Å². The van der Waals surface area contributed by atoms with Crippen molar-refractivity contribution >= 4 is 29.3 Å². The number of hydrogen-bond donors (Lipinski definition) is 1. The van der Waals surface area contributed by atoms with Gasteiger partial charge in [0.1, 0.15) is 12.4 Å². The van der Waals surface area contributed by atoms with Crippen LogP contribution in [0.25, 0.3) is 11.0 Å². The number of carbonyl (C=O) groups is 1. The summed E-state index contributed by atoms with van der Waals surface area (Å²) in [6, 6.07) is 14.4. The van der Waals surface area contributed by atoms with E-state index >= 15 is 0 Å². The van der Waals surface area contributed by atoms with E-state index in [1.54, 1.807) is 18.2 Å². The van der Waals surface area contributed by atoms with Gasteiger partial charge in [-0.3, -0.25) is 0 Å². The standard InChI is InChI=1S/C18H17FN2O4S/c1-24-18(23)17(22)13-8-5-9-14-16(13)20-15(21(14)26-19)11-25-10-12-6-3-2-4-7-12/h2-9,17,22H,10-11H2,1H3. The van der Waals surface area contributed by atoms with Gasteiger partial charge in [-0.15, -0.1) is 3.89 Å². The number of para-hydroxylation sites is 1. The molecule has 0 aliphatic heterocycles. The second-order valence-corrected chi connectivity index (χ2v) is 6.01. The molecular formula is C18H17FN2O4S. The number of aromatic nitrogens is 2. The Kier molecular flexibility index (Phi) is 5.87. The number of methoxy groups -OCH3 is 1. The van der Waals surface area contributed by atoms with Gasteiger partial charge in [0.25, 0.3) is 0 Å². The summed E-state index contributed by atoms with van der Waals surface area (Å²) in [4.78, 5) is 16.0. The molecule has 1 heterocycles. The van der Waals surface area contributed by atoms with Crippen molar-refractivity contribution in [1.82, 2.24) is 8.96 Å². The summed E-state index contributed by atoms with van der Waals surface area (Å²) in [6.45, 7) is 0.437. The molecule has 1 atom stereocenters. The highest BCUT2D eigenvalue weighted by atomic mass is 32.2. The minimum atomic E-state index is -1.49. The van der Waals surface area contributed by atoms with Crippen LogP contribution in [0, 0.1) is 0 Å². The molecule has 6 nitrogen and oxygen atoms in total. The normalized spacial score (nSPS) is 12.3. The van der Waals surface area contributed by atoms with Crippen LogP contribution in [0.3, 0.4) is 0 Å². The Hall–Kier alpha value is -2.42. The van der Waals surface area contributed by atoms with Crippen molar-refractivity contribution in [2.24, 2.45) is 0 Å². The molecule has 0 saturated heterocycles. The molecular weight excluding hydrogens is 359 g/mol. The third-order valence-corrected chi connectivity index (χ3v) is 4.42. The van der Waals surface area contributed by atoms with Crippen molar-refractivity contribution in [2.45, 2.75) is 19.3 Å². The van der Waals surface area contributed by atoms with Gasteiger partial charge in [-0.1, -0.05) is 42.5 Å². The van der Waals surface area contributed by atoms with Crippen LogP contribution in [-0.4, -0.2) is 27.1 Å². The Labute approximate surface area is 154 Å². The van der Waals surface area contributed by atoms with Crippen LogP contribution in [0.5, 0.6) is 0 Å². The lowest BCUT2D eigenvalue weighted by atomic mass is 10.1. The van der Waals surface area contributed by atoms with Crippen molar-refractivity contribution in [3.05, 3.63) is 65.5 Å². The Morgan fingerprint density at radius 3 is 2.69 bits per heavy atom. The van der Waals surface area contributed by atoms with E-state index in [0.29, 0.717) is 23.5 Å². The van der Waals surface area contributed by atoms with E-state index in [0.717, 1.165) is 5.56 Å². The molecule has 8 heteroatoms. The summed E-state index contributed by atoms with van der Waals surface area (Å²) in [5, 5.41) is 10.1. The molecule has 1 aromatic heterocycles. The molecule has 0 amide bonds. The number of nitrogens with zero attached hydrogens (tertiary/aromatic N) is 2. The van der Waals surface area contributed by atoms with Crippen LogP contribution in [0.1, 0.15) is 23.1 Å². The molecule has 1 unspecified atom stereocenters. The summed E-state index contributed by atoms with van der Waals surface area (Å²) < 4.78 is 25.0. The number of ether oxygens (including phenoxy) is 2. The lowest BCUT2D eigenvalue weighted by molar-refractivity contribution is -0.150. The predicted octanol–water partition coefficient (Wildman–Crippen LogP) is 3.34. The molecule has 3 aromatic rings. The highest BCUT2D eigenvalue weighted by molar-refractivity contribution is 7.92. The van der Waals surface area contributed by atoms with Crippen LogP contribution in [0.4, 0.5) is 3.89 Å². The van der Waals surface area contributed by atoms with Gasteiger partial charge >= 0.3 is 5.97 Å². The Balaban J connectivity index is 1.87.